The maximum Gasteiger partial charge on any atom is 0.270 e. The minimum Gasteiger partial charge on any atom is -0.393 e. The molecular weight excluding hydrogens is 286 g/mol. The number of carbonyl (C=O) groups is 1. The molecule has 1 fully saturated rings. The molecule has 1 aliphatic rings. The normalized spacial score (nSPS) is 22.3. The highest BCUT2D eigenvalue weighted by molar-refractivity contribution is 7.07. The summed E-state index contributed by atoms with van der Waals surface area (Å²) < 4.78 is 0. The Labute approximate surface area is 127 Å². The molecule has 0 saturated heterocycles. The largest absolute Gasteiger partial charge is 0.393 e. The molecule has 1 atom stereocenters. The summed E-state index contributed by atoms with van der Waals surface area (Å²) in [6, 6.07) is 3.93. The first kappa shape index (κ1) is 14.2. The number of aromatic nitrogens is 2. The summed E-state index contributed by atoms with van der Waals surface area (Å²) in [5.41, 5.74) is 3.24. The minimum atomic E-state index is -0.230. The SMILES string of the molecule is O=C(N[C@@H](Cc1ccncc1)C1CC(O)C1)c1cscn1. The number of aliphatic hydroxyl groups is 1. The number of hydrogen-bond donors (Lipinski definition) is 2. The van der Waals surface area contributed by atoms with Crippen molar-refractivity contribution in [1.29, 1.82) is 0 Å². The van der Waals surface area contributed by atoms with Crippen molar-refractivity contribution >= 4 is 17.2 Å². The summed E-state index contributed by atoms with van der Waals surface area (Å²) in [6.07, 6.45) is 5.51. The van der Waals surface area contributed by atoms with Gasteiger partial charge in [0.15, 0.2) is 0 Å². The third-order valence-corrected chi connectivity index (χ3v) is 4.49. The topological polar surface area (TPSA) is 75.1 Å². The summed E-state index contributed by atoms with van der Waals surface area (Å²) in [6.45, 7) is 0. The van der Waals surface area contributed by atoms with Gasteiger partial charge in [-0.15, -0.1) is 11.3 Å². The fourth-order valence-electron chi connectivity index (χ4n) is 2.63. The lowest BCUT2D eigenvalue weighted by atomic mass is 9.75. The molecule has 0 radical (unpaired) electrons. The van der Waals surface area contributed by atoms with Crippen LogP contribution < -0.4 is 5.32 Å². The van der Waals surface area contributed by atoms with Crippen molar-refractivity contribution in [3.8, 4) is 0 Å². The van der Waals surface area contributed by atoms with Crippen molar-refractivity contribution in [2.45, 2.75) is 31.4 Å². The highest BCUT2D eigenvalue weighted by Crippen LogP contribution is 2.31. The number of nitrogens with one attached hydrogen (secondary N) is 1. The first-order valence-electron chi connectivity index (χ1n) is 6.98. The van der Waals surface area contributed by atoms with Gasteiger partial charge in [-0.05, 0) is 42.9 Å². The molecule has 2 N–H and O–H groups in total. The highest BCUT2D eigenvalue weighted by Gasteiger charge is 2.35. The number of amides is 1. The molecule has 3 rings (SSSR count). The van der Waals surface area contributed by atoms with Crippen LogP contribution in [0.5, 0.6) is 0 Å². The van der Waals surface area contributed by atoms with E-state index in [1.165, 1.54) is 11.3 Å². The van der Waals surface area contributed by atoms with E-state index < -0.39 is 0 Å². The molecule has 1 amide bonds. The van der Waals surface area contributed by atoms with Crippen molar-refractivity contribution < 1.29 is 9.90 Å². The van der Waals surface area contributed by atoms with E-state index in [9.17, 15) is 9.90 Å². The Morgan fingerprint density at radius 1 is 1.43 bits per heavy atom. The molecule has 0 spiro atoms. The molecular formula is C15H17N3O2S. The third-order valence-electron chi connectivity index (χ3n) is 3.91. The maximum absolute atomic E-state index is 12.2. The zero-order chi connectivity index (χ0) is 14.7. The summed E-state index contributed by atoms with van der Waals surface area (Å²) in [5.74, 6) is 0.174. The third kappa shape index (κ3) is 3.46. The van der Waals surface area contributed by atoms with E-state index in [2.05, 4.69) is 15.3 Å². The fraction of sp³-hybridized carbons (Fsp3) is 0.400. The van der Waals surface area contributed by atoms with Crippen molar-refractivity contribution in [3.63, 3.8) is 0 Å². The Bertz CT molecular complexity index is 582. The Morgan fingerprint density at radius 2 is 2.19 bits per heavy atom. The van der Waals surface area contributed by atoms with Crippen LogP contribution in [0.25, 0.3) is 0 Å². The molecule has 21 heavy (non-hydrogen) atoms. The van der Waals surface area contributed by atoms with Crippen molar-refractivity contribution in [1.82, 2.24) is 15.3 Å². The van der Waals surface area contributed by atoms with Crippen molar-refractivity contribution in [2.24, 2.45) is 5.92 Å². The van der Waals surface area contributed by atoms with Crippen molar-refractivity contribution in [2.75, 3.05) is 0 Å². The van der Waals surface area contributed by atoms with Crippen LogP contribution in [0, 0.1) is 5.92 Å². The lowest BCUT2D eigenvalue weighted by Crippen LogP contribution is -2.48. The predicted molar refractivity (Wildman–Crippen MR) is 80.0 cm³/mol. The van der Waals surface area contributed by atoms with Gasteiger partial charge in [0, 0.05) is 23.8 Å². The lowest BCUT2D eigenvalue weighted by Gasteiger charge is -2.38. The second kappa shape index (κ2) is 6.32. The van der Waals surface area contributed by atoms with E-state index in [0.29, 0.717) is 11.6 Å². The molecule has 110 valence electrons. The van der Waals surface area contributed by atoms with Crippen LogP contribution in [-0.4, -0.2) is 33.1 Å². The van der Waals surface area contributed by atoms with Gasteiger partial charge in [0.2, 0.25) is 0 Å². The summed E-state index contributed by atoms with van der Waals surface area (Å²) >= 11 is 1.41. The van der Waals surface area contributed by atoms with Crippen LogP contribution in [0.3, 0.4) is 0 Å². The van der Waals surface area contributed by atoms with E-state index >= 15 is 0 Å². The van der Waals surface area contributed by atoms with Crippen LogP contribution in [0.4, 0.5) is 0 Å². The average molecular weight is 303 g/mol. The Morgan fingerprint density at radius 3 is 2.81 bits per heavy atom. The van der Waals surface area contributed by atoms with Crippen LogP contribution in [0.2, 0.25) is 0 Å². The monoisotopic (exact) mass is 303 g/mol. The second-order valence-corrected chi connectivity index (χ2v) is 6.12. The lowest BCUT2D eigenvalue weighted by molar-refractivity contribution is 0.0239. The Balaban J connectivity index is 1.69. The first-order valence-corrected chi connectivity index (χ1v) is 7.92. The molecule has 5 nitrogen and oxygen atoms in total. The molecule has 2 aromatic heterocycles. The Hall–Kier alpha value is -1.79. The quantitative estimate of drug-likeness (QED) is 0.880. The minimum absolute atomic E-state index is 0.0185. The summed E-state index contributed by atoms with van der Waals surface area (Å²) in [4.78, 5) is 20.2. The van der Waals surface area contributed by atoms with Crippen LogP contribution in [0.1, 0.15) is 28.9 Å². The molecule has 0 aliphatic heterocycles. The summed E-state index contributed by atoms with van der Waals surface area (Å²) in [5, 5.41) is 14.3. The molecule has 0 bridgehead atoms. The van der Waals surface area contributed by atoms with Gasteiger partial charge in [-0.25, -0.2) is 4.98 Å². The Kier molecular flexibility index (Phi) is 4.26. The van der Waals surface area contributed by atoms with Gasteiger partial charge < -0.3 is 10.4 Å². The molecule has 6 heteroatoms. The molecule has 0 unspecified atom stereocenters. The number of carbonyl (C=O) groups excluding carboxylic acids is 1. The second-order valence-electron chi connectivity index (χ2n) is 5.40. The molecule has 2 aromatic rings. The van der Waals surface area contributed by atoms with Gasteiger partial charge in [0.1, 0.15) is 5.69 Å². The van der Waals surface area contributed by atoms with E-state index in [1.807, 2.05) is 12.1 Å². The average Bonchev–Trinajstić information content (AvgIpc) is 2.98. The zero-order valence-electron chi connectivity index (χ0n) is 11.5. The first-order chi connectivity index (χ1) is 10.2. The van der Waals surface area contributed by atoms with Gasteiger partial charge in [-0.2, -0.15) is 0 Å². The maximum atomic E-state index is 12.2. The van der Waals surface area contributed by atoms with Crippen LogP contribution >= 0.6 is 11.3 Å². The number of nitrogens with zero attached hydrogens (tertiary/aromatic N) is 2. The number of aliphatic hydroxyl groups excluding tert-OH is 1. The van der Waals surface area contributed by atoms with E-state index in [0.717, 1.165) is 24.8 Å². The fourth-order valence-corrected chi connectivity index (χ4v) is 3.17. The predicted octanol–water partition coefficient (Wildman–Crippen LogP) is 1.65. The van der Waals surface area contributed by atoms with E-state index in [4.69, 9.17) is 0 Å². The van der Waals surface area contributed by atoms with E-state index in [1.54, 1.807) is 23.3 Å². The number of rotatable bonds is 5. The molecule has 0 aromatic carbocycles. The van der Waals surface area contributed by atoms with Crippen LogP contribution in [0.15, 0.2) is 35.4 Å². The highest BCUT2D eigenvalue weighted by atomic mass is 32.1. The molecule has 1 saturated carbocycles. The smallest absolute Gasteiger partial charge is 0.270 e. The van der Waals surface area contributed by atoms with Gasteiger partial charge >= 0.3 is 0 Å². The molecule has 1 aliphatic carbocycles. The molecule has 2 heterocycles. The van der Waals surface area contributed by atoms with Crippen molar-refractivity contribution in [3.05, 3.63) is 46.7 Å². The number of pyridine rings is 1. The standard InChI is InChI=1S/C15H17N3O2S/c19-12-6-11(7-12)13(5-10-1-3-16-4-2-10)18-15(20)14-8-21-9-17-14/h1-4,8-9,11-13,19H,5-7H2,(H,18,20)/t11?,12?,13-/m0/s1. The van der Waals surface area contributed by atoms with E-state index in [-0.39, 0.29) is 18.1 Å². The zero-order valence-corrected chi connectivity index (χ0v) is 12.3. The van der Waals surface area contributed by atoms with Gasteiger partial charge in [0.25, 0.3) is 5.91 Å². The van der Waals surface area contributed by atoms with Crippen LogP contribution in [-0.2, 0) is 6.42 Å². The number of thiazole rings is 1. The van der Waals surface area contributed by atoms with Gasteiger partial charge in [0.05, 0.1) is 11.6 Å². The van der Waals surface area contributed by atoms with Gasteiger partial charge in [-0.3, -0.25) is 9.78 Å². The van der Waals surface area contributed by atoms with Gasteiger partial charge in [-0.1, -0.05) is 0 Å². The number of hydrogen-bond acceptors (Lipinski definition) is 5. The summed E-state index contributed by atoms with van der Waals surface area (Å²) in [7, 11) is 0.